The van der Waals surface area contributed by atoms with Crippen LogP contribution in [-0.4, -0.2) is 47.2 Å². The maximum atomic E-state index is 11.8. The molecule has 0 radical (unpaired) electrons. The summed E-state index contributed by atoms with van der Waals surface area (Å²) in [7, 11) is 0. The van der Waals surface area contributed by atoms with Crippen molar-refractivity contribution in [1.29, 1.82) is 0 Å². The third-order valence-electron chi connectivity index (χ3n) is 4.08. The van der Waals surface area contributed by atoms with Gasteiger partial charge in [-0.25, -0.2) is 0 Å². The summed E-state index contributed by atoms with van der Waals surface area (Å²) in [4.78, 5) is 13.8. The van der Waals surface area contributed by atoms with Gasteiger partial charge in [-0.3, -0.25) is 9.69 Å². The van der Waals surface area contributed by atoms with Gasteiger partial charge in [0.05, 0.1) is 12.1 Å². The molecule has 1 saturated heterocycles. The SMILES string of the molecule is CCCCCC(C)NC(=O)CN1CC(O)(C(C)C)C1. The monoisotopic (exact) mass is 270 g/mol. The summed E-state index contributed by atoms with van der Waals surface area (Å²) in [5.74, 6) is 0.328. The number of amides is 1. The van der Waals surface area contributed by atoms with Crippen molar-refractivity contribution in [3.63, 3.8) is 0 Å². The van der Waals surface area contributed by atoms with Crippen LogP contribution in [0.2, 0.25) is 0 Å². The molecule has 1 amide bonds. The summed E-state index contributed by atoms with van der Waals surface area (Å²) in [6.07, 6.45) is 4.67. The lowest BCUT2D eigenvalue weighted by molar-refractivity contribution is -0.142. The van der Waals surface area contributed by atoms with Gasteiger partial charge in [0.1, 0.15) is 0 Å². The number of β-amino-alcohol motifs (C(OH)–C–C–N with tert-alkyl or cyclic N) is 1. The van der Waals surface area contributed by atoms with E-state index < -0.39 is 5.60 Å². The van der Waals surface area contributed by atoms with Gasteiger partial charge >= 0.3 is 0 Å². The van der Waals surface area contributed by atoms with Crippen LogP contribution in [0.25, 0.3) is 0 Å². The van der Waals surface area contributed by atoms with E-state index in [9.17, 15) is 9.90 Å². The molecule has 0 aromatic carbocycles. The second kappa shape index (κ2) is 7.25. The highest BCUT2D eigenvalue weighted by Gasteiger charge is 2.43. The lowest BCUT2D eigenvalue weighted by Crippen LogP contribution is -2.65. The molecule has 1 aliphatic rings. The number of unbranched alkanes of at least 4 members (excludes halogenated alkanes) is 2. The fourth-order valence-corrected chi connectivity index (χ4v) is 2.50. The molecular weight excluding hydrogens is 240 g/mol. The molecule has 0 aromatic rings. The topological polar surface area (TPSA) is 52.6 Å². The summed E-state index contributed by atoms with van der Waals surface area (Å²) in [6.45, 7) is 9.93. The quantitative estimate of drug-likeness (QED) is 0.661. The van der Waals surface area contributed by atoms with E-state index in [2.05, 4.69) is 19.2 Å². The number of nitrogens with zero attached hydrogens (tertiary/aromatic N) is 1. The van der Waals surface area contributed by atoms with Gasteiger partial charge in [-0.1, -0.05) is 40.0 Å². The zero-order chi connectivity index (χ0) is 14.5. The van der Waals surface area contributed by atoms with Crippen molar-refractivity contribution in [3.8, 4) is 0 Å². The Labute approximate surface area is 117 Å². The Bertz CT molecular complexity index is 286. The van der Waals surface area contributed by atoms with Crippen LogP contribution in [0.5, 0.6) is 0 Å². The number of aliphatic hydroxyl groups is 1. The first kappa shape index (κ1) is 16.4. The highest BCUT2D eigenvalue weighted by molar-refractivity contribution is 5.78. The number of hydrogen-bond donors (Lipinski definition) is 2. The largest absolute Gasteiger partial charge is 0.387 e. The van der Waals surface area contributed by atoms with Gasteiger partial charge in [0.25, 0.3) is 0 Å². The van der Waals surface area contributed by atoms with E-state index in [0.717, 1.165) is 6.42 Å². The molecule has 0 saturated carbocycles. The summed E-state index contributed by atoms with van der Waals surface area (Å²) >= 11 is 0. The van der Waals surface area contributed by atoms with Crippen LogP contribution in [0, 0.1) is 5.92 Å². The van der Waals surface area contributed by atoms with Gasteiger partial charge in [-0.15, -0.1) is 0 Å². The molecule has 1 unspecified atom stereocenters. The fraction of sp³-hybridized carbons (Fsp3) is 0.933. The lowest BCUT2D eigenvalue weighted by atomic mass is 9.83. The van der Waals surface area contributed by atoms with Crippen LogP contribution in [0.3, 0.4) is 0 Å². The summed E-state index contributed by atoms with van der Waals surface area (Å²) in [5, 5.41) is 13.2. The van der Waals surface area contributed by atoms with E-state index in [0.29, 0.717) is 19.6 Å². The highest BCUT2D eigenvalue weighted by atomic mass is 16.3. The second-order valence-corrected chi connectivity index (χ2v) is 6.37. The molecule has 2 N–H and O–H groups in total. The van der Waals surface area contributed by atoms with Crippen LogP contribution >= 0.6 is 0 Å². The Kier molecular flexibility index (Phi) is 6.27. The van der Waals surface area contributed by atoms with Gasteiger partial charge in [0, 0.05) is 19.1 Å². The van der Waals surface area contributed by atoms with Crippen LogP contribution in [-0.2, 0) is 4.79 Å². The maximum absolute atomic E-state index is 11.8. The van der Waals surface area contributed by atoms with Crippen LogP contribution in [0.1, 0.15) is 53.4 Å². The molecule has 0 aromatic heterocycles. The van der Waals surface area contributed by atoms with Crippen molar-refractivity contribution in [2.75, 3.05) is 19.6 Å². The van der Waals surface area contributed by atoms with E-state index in [4.69, 9.17) is 0 Å². The van der Waals surface area contributed by atoms with Crippen molar-refractivity contribution in [3.05, 3.63) is 0 Å². The normalized spacial score (nSPS) is 20.1. The van der Waals surface area contributed by atoms with Crippen molar-refractivity contribution in [2.45, 2.75) is 65.0 Å². The number of carbonyl (C=O) groups is 1. The molecule has 1 aliphatic heterocycles. The summed E-state index contributed by atoms with van der Waals surface area (Å²) < 4.78 is 0. The summed E-state index contributed by atoms with van der Waals surface area (Å²) in [6, 6.07) is 0.254. The van der Waals surface area contributed by atoms with E-state index in [1.165, 1.54) is 19.3 Å². The standard InChI is InChI=1S/C15H30N2O2/c1-5-6-7-8-13(4)16-14(18)9-17-10-15(19,11-17)12(2)3/h12-13,19H,5-11H2,1-4H3,(H,16,18). The first-order chi connectivity index (χ1) is 8.87. The number of nitrogens with one attached hydrogen (secondary N) is 1. The maximum Gasteiger partial charge on any atom is 0.234 e. The fourth-order valence-electron chi connectivity index (χ4n) is 2.50. The minimum atomic E-state index is -0.590. The Balaban J connectivity index is 2.16. The number of likely N-dealkylation sites (tertiary alicyclic amines) is 1. The molecular formula is C15H30N2O2. The van der Waals surface area contributed by atoms with Gasteiger partial charge in [0.15, 0.2) is 0 Å². The minimum absolute atomic E-state index is 0.0785. The van der Waals surface area contributed by atoms with Gasteiger partial charge in [-0.2, -0.15) is 0 Å². The average molecular weight is 270 g/mol. The predicted molar refractivity (Wildman–Crippen MR) is 78.0 cm³/mol. The highest BCUT2D eigenvalue weighted by Crippen LogP contribution is 2.27. The van der Waals surface area contributed by atoms with Crippen LogP contribution in [0.15, 0.2) is 0 Å². The van der Waals surface area contributed by atoms with Crippen molar-refractivity contribution in [2.24, 2.45) is 5.92 Å². The van der Waals surface area contributed by atoms with Crippen molar-refractivity contribution < 1.29 is 9.90 Å². The first-order valence-electron chi connectivity index (χ1n) is 7.61. The zero-order valence-electron chi connectivity index (χ0n) is 12.9. The Morgan fingerprint density at radius 3 is 2.47 bits per heavy atom. The molecule has 1 heterocycles. The molecule has 0 aliphatic carbocycles. The van der Waals surface area contributed by atoms with Crippen LogP contribution < -0.4 is 5.32 Å². The number of rotatable bonds is 8. The number of carbonyl (C=O) groups excluding carboxylic acids is 1. The van der Waals surface area contributed by atoms with E-state index in [-0.39, 0.29) is 17.9 Å². The first-order valence-corrected chi connectivity index (χ1v) is 7.61. The van der Waals surface area contributed by atoms with Gasteiger partial charge in [-0.05, 0) is 19.3 Å². The Hall–Kier alpha value is -0.610. The van der Waals surface area contributed by atoms with E-state index in [1.54, 1.807) is 0 Å². The molecule has 0 spiro atoms. The van der Waals surface area contributed by atoms with E-state index in [1.807, 2.05) is 18.7 Å². The molecule has 19 heavy (non-hydrogen) atoms. The van der Waals surface area contributed by atoms with Crippen molar-refractivity contribution >= 4 is 5.91 Å². The zero-order valence-corrected chi connectivity index (χ0v) is 12.9. The van der Waals surface area contributed by atoms with Crippen molar-refractivity contribution in [1.82, 2.24) is 10.2 Å². The third kappa shape index (κ3) is 5.11. The molecule has 1 fully saturated rings. The van der Waals surface area contributed by atoms with Gasteiger partial charge < -0.3 is 10.4 Å². The third-order valence-corrected chi connectivity index (χ3v) is 4.08. The second-order valence-electron chi connectivity index (χ2n) is 6.37. The number of hydrogen-bond acceptors (Lipinski definition) is 3. The van der Waals surface area contributed by atoms with Crippen LogP contribution in [0.4, 0.5) is 0 Å². The molecule has 112 valence electrons. The minimum Gasteiger partial charge on any atom is -0.387 e. The summed E-state index contributed by atoms with van der Waals surface area (Å²) in [5.41, 5.74) is -0.590. The molecule has 4 nitrogen and oxygen atoms in total. The van der Waals surface area contributed by atoms with E-state index >= 15 is 0 Å². The molecule has 1 atom stereocenters. The Morgan fingerprint density at radius 1 is 1.32 bits per heavy atom. The average Bonchev–Trinajstić information content (AvgIpc) is 2.26. The smallest absolute Gasteiger partial charge is 0.234 e. The van der Waals surface area contributed by atoms with Gasteiger partial charge in [0.2, 0.25) is 5.91 Å². The predicted octanol–water partition coefficient (Wildman–Crippen LogP) is 1.77. The molecule has 4 heteroatoms. The lowest BCUT2D eigenvalue weighted by Gasteiger charge is -2.48. The Morgan fingerprint density at radius 2 is 1.95 bits per heavy atom. The molecule has 0 bridgehead atoms. The molecule has 1 rings (SSSR count).